The molecule has 0 saturated carbocycles. The van der Waals surface area contributed by atoms with Crippen LogP contribution in [0.1, 0.15) is 20.3 Å². The summed E-state index contributed by atoms with van der Waals surface area (Å²) in [5.41, 5.74) is -0.590. The molecule has 0 aliphatic carbocycles. The number of halogens is 2. The second-order valence-corrected chi connectivity index (χ2v) is 5.49. The number of hydrogen-bond donors (Lipinski definition) is 1. The van der Waals surface area contributed by atoms with Gasteiger partial charge in [-0.3, -0.25) is 4.79 Å². The molecule has 0 aromatic heterocycles. The molecule has 2 aromatic carbocycles. The Morgan fingerprint density at radius 1 is 1.04 bits per heavy atom. The highest BCUT2D eigenvalue weighted by molar-refractivity contribution is 5.95. The molecule has 5 nitrogen and oxygen atoms in total. The average molecular weight is 363 g/mol. The molecular weight excluding hydrogens is 344 g/mol. The fourth-order valence-electron chi connectivity index (χ4n) is 2.11. The van der Waals surface area contributed by atoms with Gasteiger partial charge < -0.3 is 14.8 Å². The first-order valence-corrected chi connectivity index (χ1v) is 8.09. The molecule has 7 heteroatoms. The standard InChI is InChI=1S/C19H19F2NO4/c1-3-16(26-13-8-5-4-6-9-13)19(24)25-12(2)18(23)22-17-14(20)10-7-11-15(17)21/h4-12,16H,3H2,1-2H3,(H,22,23)/t12-,16-/m1/s1. The van der Waals surface area contributed by atoms with Crippen molar-refractivity contribution in [1.29, 1.82) is 0 Å². The van der Waals surface area contributed by atoms with E-state index in [-0.39, 0.29) is 0 Å². The first-order valence-electron chi connectivity index (χ1n) is 8.09. The molecule has 0 bridgehead atoms. The van der Waals surface area contributed by atoms with Crippen LogP contribution in [0.3, 0.4) is 0 Å². The van der Waals surface area contributed by atoms with Crippen molar-refractivity contribution in [1.82, 2.24) is 0 Å². The van der Waals surface area contributed by atoms with Gasteiger partial charge in [0.2, 0.25) is 0 Å². The van der Waals surface area contributed by atoms with Crippen LogP contribution in [0.4, 0.5) is 14.5 Å². The van der Waals surface area contributed by atoms with Crippen molar-refractivity contribution in [3.05, 3.63) is 60.2 Å². The third-order valence-corrected chi connectivity index (χ3v) is 3.53. The van der Waals surface area contributed by atoms with E-state index in [1.807, 2.05) is 0 Å². The Balaban J connectivity index is 1.97. The van der Waals surface area contributed by atoms with Gasteiger partial charge in [0.15, 0.2) is 12.2 Å². The molecular formula is C19H19F2NO4. The van der Waals surface area contributed by atoms with Gasteiger partial charge >= 0.3 is 5.97 Å². The van der Waals surface area contributed by atoms with E-state index in [9.17, 15) is 18.4 Å². The number of anilines is 1. The van der Waals surface area contributed by atoms with Gasteiger partial charge in [0, 0.05) is 0 Å². The summed E-state index contributed by atoms with van der Waals surface area (Å²) in [5.74, 6) is -2.95. The summed E-state index contributed by atoms with van der Waals surface area (Å²) in [5, 5.41) is 2.08. The number of rotatable bonds is 7. The topological polar surface area (TPSA) is 64.6 Å². The summed E-state index contributed by atoms with van der Waals surface area (Å²) in [6, 6.07) is 11.9. The van der Waals surface area contributed by atoms with Crippen molar-refractivity contribution >= 4 is 17.6 Å². The lowest BCUT2D eigenvalue weighted by Gasteiger charge is -2.19. The van der Waals surface area contributed by atoms with E-state index in [0.717, 1.165) is 12.1 Å². The number of amides is 1. The largest absolute Gasteiger partial charge is 0.479 e. The number of esters is 1. The number of benzene rings is 2. The van der Waals surface area contributed by atoms with Crippen LogP contribution in [0.25, 0.3) is 0 Å². The summed E-state index contributed by atoms with van der Waals surface area (Å²) in [6.45, 7) is 3.04. The van der Waals surface area contributed by atoms with Crippen molar-refractivity contribution in [2.24, 2.45) is 0 Å². The van der Waals surface area contributed by atoms with Gasteiger partial charge in [0.1, 0.15) is 23.1 Å². The van der Waals surface area contributed by atoms with Crippen LogP contribution in [-0.2, 0) is 14.3 Å². The molecule has 2 atom stereocenters. The first kappa shape index (κ1) is 19.4. The van der Waals surface area contributed by atoms with Gasteiger partial charge in [0.25, 0.3) is 5.91 Å². The minimum atomic E-state index is -1.25. The molecule has 1 N–H and O–H groups in total. The summed E-state index contributed by atoms with van der Waals surface area (Å²) < 4.78 is 37.8. The number of hydrogen-bond acceptors (Lipinski definition) is 4. The minimum absolute atomic E-state index is 0.323. The maximum absolute atomic E-state index is 13.6. The fourth-order valence-corrected chi connectivity index (χ4v) is 2.11. The second kappa shape index (κ2) is 8.94. The zero-order valence-electron chi connectivity index (χ0n) is 14.4. The van der Waals surface area contributed by atoms with E-state index in [2.05, 4.69) is 5.32 Å². The Bertz CT molecular complexity index is 747. The Labute approximate surface area is 149 Å². The molecule has 0 unspecified atom stereocenters. The van der Waals surface area contributed by atoms with Crippen molar-refractivity contribution in [3.8, 4) is 5.75 Å². The first-order chi connectivity index (χ1) is 12.4. The SMILES string of the molecule is CC[C@@H](Oc1ccccc1)C(=O)O[C@H](C)C(=O)Nc1c(F)cccc1F. The predicted molar refractivity (Wildman–Crippen MR) is 91.7 cm³/mol. The van der Waals surface area contributed by atoms with Gasteiger partial charge in [-0.05, 0) is 37.6 Å². The number of carbonyl (C=O) groups excluding carboxylic acids is 2. The highest BCUT2D eigenvalue weighted by Gasteiger charge is 2.26. The summed E-state index contributed by atoms with van der Waals surface area (Å²) in [6.07, 6.45) is -1.84. The Kier molecular flexibility index (Phi) is 6.66. The van der Waals surface area contributed by atoms with Crippen molar-refractivity contribution in [3.63, 3.8) is 0 Å². The molecule has 0 spiro atoms. The molecule has 138 valence electrons. The zero-order valence-corrected chi connectivity index (χ0v) is 14.4. The normalized spacial score (nSPS) is 12.8. The van der Waals surface area contributed by atoms with E-state index >= 15 is 0 Å². The molecule has 2 rings (SSSR count). The molecule has 0 aliphatic heterocycles. The third kappa shape index (κ3) is 5.02. The Hall–Kier alpha value is -2.96. The van der Waals surface area contributed by atoms with Crippen LogP contribution in [-0.4, -0.2) is 24.1 Å². The smallest absolute Gasteiger partial charge is 0.348 e. The van der Waals surface area contributed by atoms with Gasteiger partial charge in [-0.2, -0.15) is 0 Å². The number of nitrogens with one attached hydrogen (secondary N) is 1. The molecule has 0 saturated heterocycles. The summed E-state index contributed by atoms with van der Waals surface area (Å²) >= 11 is 0. The molecule has 0 radical (unpaired) electrons. The van der Waals surface area contributed by atoms with Crippen LogP contribution in [0, 0.1) is 11.6 Å². The van der Waals surface area contributed by atoms with Crippen LogP contribution in [0.2, 0.25) is 0 Å². The van der Waals surface area contributed by atoms with Crippen LogP contribution in [0.15, 0.2) is 48.5 Å². The quantitative estimate of drug-likeness (QED) is 0.762. The van der Waals surface area contributed by atoms with Crippen molar-refractivity contribution in [2.75, 3.05) is 5.32 Å². The highest BCUT2D eigenvalue weighted by atomic mass is 19.1. The van der Waals surface area contributed by atoms with Crippen LogP contribution in [0.5, 0.6) is 5.75 Å². The molecule has 0 fully saturated rings. The second-order valence-electron chi connectivity index (χ2n) is 5.49. The van der Waals surface area contributed by atoms with E-state index in [1.54, 1.807) is 37.3 Å². The number of ether oxygens (including phenoxy) is 2. The minimum Gasteiger partial charge on any atom is -0.479 e. The zero-order chi connectivity index (χ0) is 19.1. The van der Waals surface area contributed by atoms with Crippen molar-refractivity contribution in [2.45, 2.75) is 32.5 Å². The molecule has 1 amide bonds. The monoisotopic (exact) mass is 363 g/mol. The Morgan fingerprint density at radius 3 is 2.23 bits per heavy atom. The van der Waals surface area contributed by atoms with Crippen LogP contribution >= 0.6 is 0 Å². The maximum atomic E-state index is 13.6. The van der Waals surface area contributed by atoms with Gasteiger partial charge in [0.05, 0.1) is 0 Å². The van der Waals surface area contributed by atoms with Gasteiger partial charge in [-0.15, -0.1) is 0 Å². The van der Waals surface area contributed by atoms with Gasteiger partial charge in [-0.25, -0.2) is 13.6 Å². The highest BCUT2D eigenvalue weighted by Crippen LogP contribution is 2.19. The van der Waals surface area contributed by atoms with E-state index < -0.39 is 41.4 Å². The maximum Gasteiger partial charge on any atom is 0.348 e. The van der Waals surface area contributed by atoms with E-state index in [4.69, 9.17) is 9.47 Å². The molecule has 0 heterocycles. The summed E-state index contributed by atoms with van der Waals surface area (Å²) in [4.78, 5) is 24.3. The molecule has 26 heavy (non-hydrogen) atoms. The lowest BCUT2D eigenvalue weighted by molar-refractivity contribution is -0.160. The average Bonchev–Trinajstić information content (AvgIpc) is 2.63. The van der Waals surface area contributed by atoms with Crippen LogP contribution < -0.4 is 10.1 Å². The summed E-state index contributed by atoms with van der Waals surface area (Å²) in [7, 11) is 0. The predicted octanol–water partition coefficient (Wildman–Crippen LogP) is 3.69. The van der Waals surface area contributed by atoms with E-state index in [0.29, 0.717) is 12.2 Å². The van der Waals surface area contributed by atoms with Gasteiger partial charge in [-0.1, -0.05) is 31.2 Å². The number of para-hydroxylation sites is 2. The lowest BCUT2D eigenvalue weighted by atomic mass is 10.2. The Morgan fingerprint density at radius 2 is 1.65 bits per heavy atom. The third-order valence-electron chi connectivity index (χ3n) is 3.53. The molecule has 0 aliphatic rings. The number of carbonyl (C=O) groups is 2. The van der Waals surface area contributed by atoms with E-state index in [1.165, 1.54) is 13.0 Å². The van der Waals surface area contributed by atoms with Crippen molar-refractivity contribution < 1.29 is 27.8 Å². The lowest BCUT2D eigenvalue weighted by Crippen LogP contribution is -2.36. The molecule has 2 aromatic rings. The fraction of sp³-hybridized carbons (Fsp3) is 0.263.